The lowest BCUT2D eigenvalue weighted by atomic mass is 9.79. The van der Waals surface area contributed by atoms with Gasteiger partial charge in [-0.2, -0.15) is 0 Å². The summed E-state index contributed by atoms with van der Waals surface area (Å²) in [6.45, 7) is 9.74. The fraction of sp³-hybridized carbons (Fsp3) is 0.562. The molecule has 1 N–H and O–H groups in total. The summed E-state index contributed by atoms with van der Waals surface area (Å²) < 4.78 is 17.5. The van der Waals surface area contributed by atoms with Crippen LogP contribution in [0.2, 0.25) is 0 Å². The lowest BCUT2D eigenvalue weighted by molar-refractivity contribution is -0.145. The van der Waals surface area contributed by atoms with Crippen LogP contribution >= 0.6 is 0 Å². The molecule has 1 unspecified atom stereocenters. The largest absolute Gasteiger partial charge is 0.494 e. The Morgan fingerprint density at radius 3 is 2.36 bits per heavy atom. The number of benzene rings is 1. The van der Waals surface area contributed by atoms with E-state index in [4.69, 9.17) is 19.2 Å². The maximum atomic E-state index is 11.1. The van der Waals surface area contributed by atoms with Crippen LogP contribution in [0.1, 0.15) is 41.0 Å². The van der Waals surface area contributed by atoms with Gasteiger partial charge in [0.15, 0.2) is 6.10 Å². The van der Waals surface area contributed by atoms with Gasteiger partial charge in [0.25, 0.3) is 0 Å². The summed E-state index contributed by atoms with van der Waals surface area (Å²) in [5.74, 6) is -0.468. The maximum absolute atomic E-state index is 11.1. The molecule has 6 heteroatoms. The van der Waals surface area contributed by atoms with Crippen molar-refractivity contribution in [1.82, 2.24) is 0 Å². The highest BCUT2D eigenvalue weighted by atomic mass is 16.7. The third kappa shape index (κ3) is 3.28. The Balaban J connectivity index is 2.18. The fourth-order valence-electron chi connectivity index (χ4n) is 2.19. The van der Waals surface area contributed by atoms with Crippen molar-refractivity contribution in [3.05, 3.63) is 24.3 Å². The molecule has 2 rings (SSSR count). The average Bonchev–Trinajstić information content (AvgIpc) is 2.65. The zero-order chi connectivity index (χ0) is 16.5. The first-order chi connectivity index (χ1) is 10.2. The van der Waals surface area contributed by atoms with Crippen molar-refractivity contribution in [1.29, 1.82) is 0 Å². The summed E-state index contributed by atoms with van der Waals surface area (Å²) in [4.78, 5) is 11.1. The molecule has 0 radical (unpaired) electrons. The van der Waals surface area contributed by atoms with Gasteiger partial charge in [0.2, 0.25) is 0 Å². The van der Waals surface area contributed by atoms with Crippen molar-refractivity contribution in [2.45, 2.75) is 58.3 Å². The van der Waals surface area contributed by atoms with Crippen LogP contribution in [0.4, 0.5) is 0 Å². The van der Waals surface area contributed by atoms with Gasteiger partial charge >= 0.3 is 13.1 Å². The summed E-state index contributed by atoms with van der Waals surface area (Å²) in [5.41, 5.74) is -0.0142. The minimum Gasteiger partial charge on any atom is -0.479 e. The zero-order valence-electron chi connectivity index (χ0n) is 13.8. The van der Waals surface area contributed by atoms with Gasteiger partial charge < -0.3 is 19.2 Å². The molecule has 0 amide bonds. The van der Waals surface area contributed by atoms with E-state index in [2.05, 4.69) is 0 Å². The third-order valence-corrected chi connectivity index (χ3v) is 4.31. The van der Waals surface area contributed by atoms with Crippen LogP contribution in [0.25, 0.3) is 0 Å². The minimum atomic E-state index is -0.969. The number of hydrogen-bond donors (Lipinski definition) is 1. The minimum absolute atomic E-state index is 0.399. The monoisotopic (exact) mass is 306 g/mol. The van der Waals surface area contributed by atoms with E-state index in [1.165, 1.54) is 0 Å². The smallest absolute Gasteiger partial charge is 0.479 e. The molecule has 0 spiro atoms. The molecule has 5 nitrogen and oxygen atoms in total. The first-order valence-electron chi connectivity index (χ1n) is 7.51. The van der Waals surface area contributed by atoms with Crippen LogP contribution in [0.15, 0.2) is 24.3 Å². The Morgan fingerprint density at radius 1 is 1.27 bits per heavy atom. The Bertz CT molecular complexity index is 539. The molecule has 0 bridgehead atoms. The highest BCUT2D eigenvalue weighted by molar-refractivity contribution is 6.62. The molecule has 0 aliphatic carbocycles. The number of carbonyl (C=O) groups is 1. The molecule has 1 aromatic rings. The Kier molecular flexibility index (Phi) is 4.54. The van der Waals surface area contributed by atoms with Crippen molar-refractivity contribution in [2.24, 2.45) is 0 Å². The lowest BCUT2D eigenvalue weighted by Crippen LogP contribution is -2.41. The zero-order valence-corrected chi connectivity index (χ0v) is 13.8. The Labute approximate surface area is 131 Å². The van der Waals surface area contributed by atoms with Gasteiger partial charge in [0.1, 0.15) is 5.75 Å². The van der Waals surface area contributed by atoms with Gasteiger partial charge in [0.05, 0.1) is 11.2 Å². The third-order valence-electron chi connectivity index (χ3n) is 4.31. The Hall–Kier alpha value is -1.53. The van der Waals surface area contributed by atoms with Crippen molar-refractivity contribution in [2.75, 3.05) is 0 Å². The summed E-state index contributed by atoms with van der Waals surface area (Å²) in [6, 6.07) is 7.20. The molecule has 0 saturated carbocycles. The molecule has 1 saturated heterocycles. The van der Waals surface area contributed by atoms with Gasteiger partial charge in [-0.25, -0.2) is 4.79 Å². The van der Waals surface area contributed by atoms with Crippen LogP contribution in [0.3, 0.4) is 0 Å². The van der Waals surface area contributed by atoms with Crippen LogP contribution in [-0.2, 0) is 14.1 Å². The van der Waals surface area contributed by atoms with E-state index in [1.807, 2.05) is 39.8 Å². The molecule has 1 fully saturated rings. The quantitative estimate of drug-likeness (QED) is 0.845. The molecule has 1 aliphatic heterocycles. The van der Waals surface area contributed by atoms with Crippen LogP contribution in [0.5, 0.6) is 5.75 Å². The maximum Gasteiger partial charge on any atom is 0.494 e. The molecule has 1 atom stereocenters. The highest BCUT2D eigenvalue weighted by Gasteiger charge is 2.51. The van der Waals surface area contributed by atoms with Crippen LogP contribution in [0, 0.1) is 0 Å². The average molecular weight is 306 g/mol. The number of ether oxygens (including phenoxy) is 1. The Morgan fingerprint density at radius 2 is 1.86 bits per heavy atom. The van der Waals surface area contributed by atoms with E-state index in [-0.39, 0.29) is 0 Å². The molecule has 1 aromatic carbocycles. The standard InChI is InChI=1S/C16H23BO5/c1-6-13(14(18)19)20-12-9-7-8-11(10-12)17-21-15(2,3)16(4,5)22-17/h7-10,13H,6H2,1-5H3,(H,18,19). The summed E-state index contributed by atoms with van der Waals surface area (Å²) >= 11 is 0. The van der Waals surface area contributed by atoms with Crippen molar-refractivity contribution < 1.29 is 23.9 Å². The van der Waals surface area contributed by atoms with Gasteiger partial charge in [-0.05, 0) is 51.7 Å². The number of carboxylic acid groups (broad SMARTS) is 1. The SMILES string of the molecule is CCC(Oc1cccc(B2OC(C)(C)C(C)(C)O2)c1)C(=O)O. The van der Waals surface area contributed by atoms with E-state index < -0.39 is 30.4 Å². The molecule has 120 valence electrons. The first kappa shape index (κ1) is 16.8. The second-order valence-corrected chi connectivity index (χ2v) is 6.51. The predicted molar refractivity (Wildman–Crippen MR) is 84.5 cm³/mol. The van der Waals surface area contributed by atoms with Gasteiger partial charge in [-0.1, -0.05) is 19.1 Å². The summed E-state index contributed by atoms with van der Waals surface area (Å²) in [5, 5.41) is 9.08. The highest BCUT2D eigenvalue weighted by Crippen LogP contribution is 2.36. The van der Waals surface area contributed by atoms with Gasteiger partial charge in [-0.3, -0.25) is 0 Å². The normalized spacial score (nSPS) is 20.7. The second-order valence-electron chi connectivity index (χ2n) is 6.51. The van der Waals surface area contributed by atoms with Gasteiger partial charge in [-0.15, -0.1) is 0 Å². The van der Waals surface area contributed by atoms with Crippen LogP contribution in [-0.4, -0.2) is 35.5 Å². The lowest BCUT2D eigenvalue weighted by Gasteiger charge is -2.32. The van der Waals surface area contributed by atoms with E-state index in [9.17, 15) is 4.79 Å². The number of carboxylic acids is 1. The van der Waals surface area contributed by atoms with E-state index in [0.717, 1.165) is 5.46 Å². The van der Waals surface area contributed by atoms with Crippen LogP contribution < -0.4 is 10.2 Å². The molecule has 1 aliphatic rings. The van der Waals surface area contributed by atoms with Crippen molar-refractivity contribution in [3.8, 4) is 5.75 Å². The van der Waals surface area contributed by atoms with Crippen molar-refractivity contribution >= 4 is 18.6 Å². The second kappa shape index (κ2) is 5.93. The van der Waals surface area contributed by atoms with Crippen molar-refractivity contribution in [3.63, 3.8) is 0 Å². The predicted octanol–water partition coefficient (Wildman–Crippen LogP) is 2.23. The van der Waals surface area contributed by atoms with E-state index in [1.54, 1.807) is 19.1 Å². The number of hydrogen-bond acceptors (Lipinski definition) is 4. The summed E-state index contributed by atoms with van der Waals surface area (Å²) in [6.07, 6.45) is -0.454. The summed E-state index contributed by atoms with van der Waals surface area (Å²) in [7, 11) is -0.488. The molecule has 1 heterocycles. The number of aliphatic carboxylic acids is 1. The van der Waals surface area contributed by atoms with E-state index >= 15 is 0 Å². The topological polar surface area (TPSA) is 65.0 Å². The molecular formula is C16H23BO5. The number of rotatable bonds is 5. The van der Waals surface area contributed by atoms with E-state index in [0.29, 0.717) is 12.2 Å². The fourth-order valence-corrected chi connectivity index (χ4v) is 2.19. The molecule has 0 aromatic heterocycles. The van der Waals surface area contributed by atoms with Gasteiger partial charge in [0, 0.05) is 0 Å². The molecular weight excluding hydrogens is 283 g/mol. The first-order valence-corrected chi connectivity index (χ1v) is 7.51. The molecule has 22 heavy (non-hydrogen) atoms.